The van der Waals surface area contributed by atoms with Crippen LogP contribution in [0.4, 0.5) is 5.69 Å². The van der Waals surface area contributed by atoms with Gasteiger partial charge >= 0.3 is 7.48 Å². The molecule has 0 bridgehead atoms. The monoisotopic (exact) mass is 266 g/mol. The molecule has 1 aromatic carbocycles. The lowest BCUT2D eigenvalue weighted by Crippen LogP contribution is -2.18. The van der Waals surface area contributed by atoms with E-state index in [0.29, 0.717) is 23.7 Å². The Hall–Kier alpha value is -2.21. The van der Waals surface area contributed by atoms with Crippen LogP contribution >= 0.6 is 0 Å². The van der Waals surface area contributed by atoms with Crippen LogP contribution in [0.15, 0.2) is 24.4 Å². The molecule has 0 atom stereocenters. The molecule has 0 saturated carbocycles. The Morgan fingerprint density at radius 3 is 3.05 bits per heavy atom. The third-order valence-electron chi connectivity index (χ3n) is 3.20. The summed E-state index contributed by atoms with van der Waals surface area (Å²) in [5.41, 5.74) is 4.01. The van der Waals surface area contributed by atoms with Gasteiger partial charge in [-0.3, -0.25) is 4.79 Å². The molecule has 6 heteroatoms. The van der Waals surface area contributed by atoms with Gasteiger partial charge in [0.05, 0.1) is 17.9 Å². The fourth-order valence-corrected chi connectivity index (χ4v) is 2.14. The van der Waals surface area contributed by atoms with Crippen LogP contribution in [0.2, 0.25) is 0 Å². The van der Waals surface area contributed by atoms with Gasteiger partial charge in [0.15, 0.2) is 0 Å². The van der Waals surface area contributed by atoms with Crippen molar-refractivity contribution in [3.63, 3.8) is 0 Å². The van der Waals surface area contributed by atoms with Gasteiger partial charge in [0.2, 0.25) is 0 Å². The zero-order valence-electron chi connectivity index (χ0n) is 11.3. The highest BCUT2D eigenvalue weighted by Gasteiger charge is 2.15. The normalized spacial score (nSPS) is 12.7. The van der Waals surface area contributed by atoms with Crippen molar-refractivity contribution >= 4 is 24.5 Å². The highest BCUT2D eigenvalue weighted by Crippen LogP contribution is 2.14. The zero-order chi connectivity index (χ0) is 14.1. The summed E-state index contributed by atoms with van der Waals surface area (Å²) in [6, 6.07) is 5.71. The average Bonchev–Trinajstić information content (AvgIpc) is 2.85. The molecule has 2 aromatic rings. The second-order valence-electron chi connectivity index (χ2n) is 4.71. The number of rotatable bonds is 2. The first-order chi connectivity index (χ1) is 9.63. The Bertz CT molecular complexity index is 688. The van der Waals surface area contributed by atoms with Crippen LogP contribution in [0.3, 0.4) is 0 Å². The molecule has 1 aromatic heterocycles. The molecule has 2 heterocycles. The number of hydrogen-bond acceptors (Lipinski definition) is 4. The lowest BCUT2D eigenvalue weighted by atomic mass is 9.87. The number of nitrogens with one attached hydrogen (secondary N) is 1. The molecular formula is C14H13BN3O2. The number of aryl methyl sites for hydroxylation is 2. The van der Waals surface area contributed by atoms with Crippen LogP contribution in [0, 0.1) is 13.8 Å². The van der Waals surface area contributed by atoms with E-state index < -0.39 is 0 Å². The van der Waals surface area contributed by atoms with Gasteiger partial charge in [-0.05, 0) is 37.0 Å². The molecule has 0 fully saturated rings. The summed E-state index contributed by atoms with van der Waals surface area (Å²) < 4.78 is 5.23. The number of nitrogens with zero attached hydrogens (tertiary/aromatic N) is 2. The Labute approximate surface area is 117 Å². The van der Waals surface area contributed by atoms with Gasteiger partial charge in [0.25, 0.3) is 5.91 Å². The quantitative estimate of drug-likeness (QED) is 0.827. The van der Waals surface area contributed by atoms with Gasteiger partial charge in [0.1, 0.15) is 5.82 Å². The van der Waals surface area contributed by atoms with E-state index in [1.165, 1.54) is 0 Å². The van der Waals surface area contributed by atoms with Crippen LogP contribution in [0.25, 0.3) is 0 Å². The van der Waals surface area contributed by atoms with Gasteiger partial charge in [-0.15, -0.1) is 0 Å². The van der Waals surface area contributed by atoms with Crippen LogP contribution in [0.1, 0.15) is 27.4 Å². The molecule has 5 nitrogen and oxygen atoms in total. The standard InChI is InChI=1S/C14H13BN3O2/c1-8-12(6-16-9(2)17-8)14(19)18-11-4-3-10-7-20-15-13(10)5-11/h3-6H,7H2,1-2H3,(H,18,19). The second kappa shape index (κ2) is 5.05. The first-order valence-electron chi connectivity index (χ1n) is 6.33. The Kier molecular flexibility index (Phi) is 3.24. The van der Waals surface area contributed by atoms with Crippen LogP contribution in [-0.2, 0) is 11.3 Å². The minimum Gasteiger partial charge on any atom is -0.430 e. The minimum atomic E-state index is -0.207. The van der Waals surface area contributed by atoms with Crippen molar-refractivity contribution in [2.75, 3.05) is 5.32 Å². The third kappa shape index (κ3) is 2.42. The minimum absolute atomic E-state index is 0.207. The number of aromatic nitrogens is 2. The maximum absolute atomic E-state index is 12.2. The molecule has 99 valence electrons. The molecule has 0 spiro atoms. The van der Waals surface area contributed by atoms with Gasteiger partial charge in [-0.1, -0.05) is 6.07 Å². The van der Waals surface area contributed by atoms with E-state index in [0.717, 1.165) is 16.7 Å². The number of fused-ring (bicyclic) bond motifs is 1. The fourth-order valence-electron chi connectivity index (χ4n) is 2.14. The van der Waals surface area contributed by atoms with Crippen molar-refractivity contribution < 1.29 is 9.45 Å². The summed E-state index contributed by atoms with van der Waals surface area (Å²) >= 11 is 0. The first kappa shape index (κ1) is 12.8. The summed E-state index contributed by atoms with van der Waals surface area (Å²) in [6.45, 7) is 4.19. The van der Waals surface area contributed by atoms with E-state index >= 15 is 0 Å². The molecule has 20 heavy (non-hydrogen) atoms. The van der Waals surface area contributed by atoms with Crippen molar-refractivity contribution in [3.05, 3.63) is 47.0 Å². The Balaban J connectivity index is 1.82. The highest BCUT2D eigenvalue weighted by molar-refractivity contribution is 6.49. The van der Waals surface area contributed by atoms with Crippen molar-refractivity contribution in [2.24, 2.45) is 0 Å². The van der Waals surface area contributed by atoms with Crippen LogP contribution < -0.4 is 10.8 Å². The maximum Gasteiger partial charge on any atom is 0.330 e. The molecule has 1 N–H and O–H groups in total. The lowest BCUT2D eigenvalue weighted by molar-refractivity contribution is 0.102. The SMILES string of the molecule is Cc1ncc(C(=O)Nc2ccc3c(c2)[B]OC3)c(C)n1. The van der Waals surface area contributed by atoms with Gasteiger partial charge < -0.3 is 9.97 Å². The first-order valence-corrected chi connectivity index (χ1v) is 6.33. The van der Waals surface area contributed by atoms with Crippen molar-refractivity contribution in [1.29, 1.82) is 0 Å². The molecule has 3 rings (SSSR count). The summed E-state index contributed by atoms with van der Waals surface area (Å²) in [4.78, 5) is 20.5. The fraction of sp³-hybridized carbons (Fsp3) is 0.214. The van der Waals surface area contributed by atoms with Crippen LogP contribution in [0.5, 0.6) is 0 Å². The average molecular weight is 266 g/mol. The molecule has 1 radical (unpaired) electrons. The maximum atomic E-state index is 12.2. The predicted molar refractivity (Wildman–Crippen MR) is 76.1 cm³/mol. The van der Waals surface area contributed by atoms with Gasteiger partial charge in [0, 0.05) is 11.9 Å². The van der Waals surface area contributed by atoms with Gasteiger partial charge in [-0.25, -0.2) is 9.97 Å². The van der Waals surface area contributed by atoms with E-state index in [1.807, 2.05) is 18.2 Å². The number of carbonyl (C=O) groups excluding carboxylic acids is 1. The molecular weight excluding hydrogens is 253 g/mol. The van der Waals surface area contributed by atoms with E-state index in [9.17, 15) is 4.79 Å². The second-order valence-corrected chi connectivity index (χ2v) is 4.71. The zero-order valence-corrected chi connectivity index (χ0v) is 11.3. The summed E-state index contributed by atoms with van der Waals surface area (Å²) in [6.07, 6.45) is 1.55. The Morgan fingerprint density at radius 2 is 2.25 bits per heavy atom. The van der Waals surface area contributed by atoms with E-state index in [4.69, 9.17) is 4.65 Å². The summed E-state index contributed by atoms with van der Waals surface area (Å²) in [5.74, 6) is 0.449. The molecule has 0 aliphatic carbocycles. The highest BCUT2D eigenvalue weighted by atomic mass is 16.4. The van der Waals surface area contributed by atoms with Crippen molar-refractivity contribution in [2.45, 2.75) is 20.5 Å². The third-order valence-corrected chi connectivity index (χ3v) is 3.20. The summed E-state index contributed by atoms with van der Waals surface area (Å²) in [7, 11) is 1.70. The van der Waals surface area contributed by atoms with E-state index in [1.54, 1.807) is 27.5 Å². The molecule has 1 amide bonds. The number of carbonyl (C=O) groups is 1. The molecule has 1 aliphatic rings. The summed E-state index contributed by atoms with van der Waals surface area (Å²) in [5, 5.41) is 2.85. The largest absolute Gasteiger partial charge is 0.430 e. The topological polar surface area (TPSA) is 64.1 Å². The van der Waals surface area contributed by atoms with E-state index in [2.05, 4.69) is 15.3 Å². The number of anilines is 1. The molecule has 1 aliphatic heterocycles. The Morgan fingerprint density at radius 1 is 1.40 bits per heavy atom. The van der Waals surface area contributed by atoms with Crippen molar-refractivity contribution in [1.82, 2.24) is 9.97 Å². The van der Waals surface area contributed by atoms with E-state index in [-0.39, 0.29) is 5.91 Å². The molecule has 0 unspecified atom stereocenters. The number of amides is 1. The van der Waals surface area contributed by atoms with Gasteiger partial charge in [-0.2, -0.15) is 0 Å². The smallest absolute Gasteiger partial charge is 0.330 e. The predicted octanol–water partition coefficient (Wildman–Crippen LogP) is 1.12. The lowest BCUT2D eigenvalue weighted by Gasteiger charge is -2.08. The van der Waals surface area contributed by atoms with Crippen molar-refractivity contribution in [3.8, 4) is 0 Å². The number of hydrogen-bond donors (Lipinski definition) is 1. The van der Waals surface area contributed by atoms with Crippen LogP contribution in [-0.4, -0.2) is 23.4 Å². The molecule has 0 saturated heterocycles. The number of benzene rings is 1.